The molecule has 3 rings (SSSR count). The number of aromatic nitrogens is 1. The van der Waals surface area contributed by atoms with Gasteiger partial charge in [0.2, 0.25) is 0 Å². The molecular formula is C23H21NO4. The Labute approximate surface area is 164 Å². The molecule has 5 heteroatoms. The van der Waals surface area contributed by atoms with Crippen molar-refractivity contribution in [2.75, 3.05) is 6.61 Å². The molecule has 0 aliphatic rings. The Morgan fingerprint density at radius 3 is 2.18 bits per heavy atom. The number of pyridine rings is 1. The molecular weight excluding hydrogens is 354 g/mol. The number of aryl methyl sites for hydroxylation is 1. The average Bonchev–Trinajstić information content (AvgIpc) is 2.73. The fourth-order valence-electron chi connectivity index (χ4n) is 2.88. The normalized spacial score (nSPS) is 10.4. The Hall–Kier alpha value is -3.47. The predicted molar refractivity (Wildman–Crippen MR) is 106 cm³/mol. The summed E-state index contributed by atoms with van der Waals surface area (Å²) in [6, 6.07) is 20.4. The van der Waals surface area contributed by atoms with Crippen LogP contribution in [0.1, 0.15) is 39.0 Å². The van der Waals surface area contributed by atoms with Crippen molar-refractivity contribution in [3.63, 3.8) is 0 Å². The van der Waals surface area contributed by atoms with Crippen LogP contribution in [0.4, 0.5) is 0 Å². The van der Waals surface area contributed by atoms with Crippen LogP contribution < -0.4 is 0 Å². The Morgan fingerprint density at radius 2 is 1.54 bits per heavy atom. The molecule has 0 fully saturated rings. The van der Waals surface area contributed by atoms with E-state index in [0.29, 0.717) is 16.8 Å². The highest BCUT2D eigenvalue weighted by atomic mass is 16.5. The lowest BCUT2D eigenvalue weighted by molar-refractivity contribution is 0.0467. The summed E-state index contributed by atoms with van der Waals surface area (Å²) in [7, 11) is 0. The second-order valence-electron chi connectivity index (χ2n) is 6.16. The fraction of sp³-hybridized carbons (Fsp3) is 0.174. The minimum absolute atomic E-state index is 0.160. The topological polar surface area (TPSA) is 65.5 Å². The van der Waals surface area contributed by atoms with Gasteiger partial charge in [0, 0.05) is 5.56 Å². The molecule has 5 nitrogen and oxygen atoms in total. The lowest BCUT2D eigenvalue weighted by atomic mass is 9.98. The van der Waals surface area contributed by atoms with Crippen molar-refractivity contribution in [1.29, 1.82) is 0 Å². The molecule has 0 amide bonds. The Balaban J connectivity index is 1.99. The van der Waals surface area contributed by atoms with E-state index in [1.54, 1.807) is 19.9 Å². The van der Waals surface area contributed by atoms with Crippen LogP contribution in [-0.2, 0) is 16.1 Å². The standard InChI is InChI=1S/C23H21NO4/c1-3-27-22(25)20-14-19(18-12-8-5-9-13-18)21(16(2)24-20)23(26)28-15-17-10-6-4-7-11-17/h4-14H,3,15H2,1-2H3. The first-order chi connectivity index (χ1) is 13.6. The molecule has 3 aromatic rings. The highest BCUT2D eigenvalue weighted by Gasteiger charge is 2.22. The van der Waals surface area contributed by atoms with Crippen LogP contribution >= 0.6 is 0 Å². The minimum atomic E-state index is -0.521. The summed E-state index contributed by atoms with van der Waals surface area (Å²) in [5.41, 5.74) is 3.21. The molecule has 0 saturated carbocycles. The maximum absolute atomic E-state index is 12.9. The molecule has 142 valence electrons. The number of nitrogens with zero attached hydrogens (tertiary/aromatic N) is 1. The van der Waals surface area contributed by atoms with Gasteiger partial charge < -0.3 is 9.47 Å². The van der Waals surface area contributed by atoms with Crippen LogP contribution in [0.25, 0.3) is 11.1 Å². The van der Waals surface area contributed by atoms with Gasteiger partial charge in [-0.3, -0.25) is 0 Å². The Morgan fingerprint density at radius 1 is 0.893 bits per heavy atom. The second-order valence-corrected chi connectivity index (χ2v) is 6.16. The number of ether oxygens (including phenoxy) is 2. The van der Waals surface area contributed by atoms with Crippen molar-refractivity contribution < 1.29 is 19.1 Å². The summed E-state index contributed by atoms with van der Waals surface area (Å²) >= 11 is 0. The summed E-state index contributed by atoms with van der Waals surface area (Å²) in [6.45, 7) is 3.83. The monoisotopic (exact) mass is 375 g/mol. The van der Waals surface area contributed by atoms with Gasteiger partial charge in [-0.05, 0) is 31.0 Å². The van der Waals surface area contributed by atoms with Crippen LogP contribution in [0.3, 0.4) is 0 Å². The zero-order valence-electron chi connectivity index (χ0n) is 15.8. The number of hydrogen-bond acceptors (Lipinski definition) is 5. The molecule has 0 N–H and O–H groups in total. The second kappa shape index (κ2) is 8.95. The molecule has 28 heavy (non-hydrogen) atoms. The van der Waals surface area contributed by atoms with Gasteiger partial charge in [0.05, 0.1) is 17.9 Å². The molecule has 0 saturated heterocycles. The van der Waals surface area contributed by atoms with Crippen molar-refractivity contribution >= 4 is 11.9 Å². The number of rotatable bonds is 6. The first-order valence-corrected chi connectivity index (χ1v) is 9.05. The number of hydrogen-bond donors (Lipinski definition) is 0. The third-order valence-corrected chi connectivity index (χ3v) is 4.19. The Bertz CT molecular complexity index is 969. The molecule has 0 spiro atoms. The summed E-state index contributed by atoms with van der Waals surface area (Å²) in [4.78, 5) is 29.3. The SMILES string of the molecule is CCOC(=O)c1cc(-c2ccccc2)c(C(=O)OCc2ccccc2)c(C)n1. The lowest BCUT2D eigenvalue weighted by Gasteiger charge is -2.14. The molecule has 0 aliphatic carbocycles. The van der Waals surface area contributed by atoms with Crippen LogP contribution in [0.15, 0.2) is 66.7 Å². The van der Waals surface area contributed by atoms with Crippen LogP contribution in [0, 0.1) is 6.92 Å². The van der Waals surface area contributed by atoms with E-state index in [-0.39, 0.29) is 18.9 Å². The zero-order chi connectivity index (χ0) is 19.9. The van der Waals surface area contributed by atoms with Crippen LogP contribution in [0.5, 0.6) is 0 Å². The molecule has 0 unspecified atom stereocenters. The van der Waals surface area contributed by atoms with E-state index < -0.39 is 11.9 Å². The lowest BCUT2D eigenvalue weighted by Crippen LogP contribution is -2.14. The van der Waals surface area contributed by atoms with E-state index in [4.69, 9.17) is 9.47 Å². The molecule has 0 radical (unpaired) electrons. The van der Waals surface area contributed by atoms with Gasteiger partial charge in [-0.15, -0.1) is 0 Å². The molecule has 1 heterocycles. The number of esters is 2. The quantitative estimate of drug-likeness (QED) is 0.590. The first-order valence-electron chi connectivity index (χ1n) is 9.05. The van der Waals surface area contributed by atoms with Gasteiger partial charge in [-0.1, -0.05) is 60.7 Å². The van der Waals surface area contributed by atoms with Crippen LogP contribution in [0.2, 0.25) is 0 Å². The smallest absolute Gasteiger partial charge is 0.356 e. The predicted octanol–water partition coefficient (Wildman–Crippen LogP) is 4.59. The maximum atomic E-state index is 12.9. The fourth-order valence-corrected chi connectivity index (χ4v) is 2.88. The Kier molecular flexibility index (Phi) is 6.17. The molecule has 0 bridgehead atoms. The summed E-state index contributed by atoms with van der Waals surface area (Å²) in [5, 5.41) is 0. The van der Waals surface area contributed by atoms with Crippen molar-refractivity contribution in [3.05, 3.63) is 89.2 Å². The molecule has 2 aromatic carbocycles. The van der Waals surface area contributed by atoms with Crippen LogP contribution in [-0.4, -0.2) is 23.5 Å². The first kappa shape index (κ1) is 19.3. The van der Waals surface area contributed by atoms with E-state index in [1.165, 1.54) is 0 Å². The number of carbonyl (C=O) groups is 2. The molecule has 1 aromatic heterocycles. The van der Waals surface area contributed by atoms with E-state index >= 15 is 0 Å². The molecule has 0 aliphatic heterocycles. The zero-order valence-corrected chi connectivity index (χ0v) is 15.8. The largest absolute Gasteiger partial charge is 0.461 e. The average molecular weight is 375 g/mol. The van der Waals surface area contributed by atoms with Gasteiger partial charge in [0.15, 0.2) is 0 Å². The maximum Gasteiger partial charge on any atom is 0.356 e. The van der Waals surface area contributed by atoms with Gasteiger partial charge in [-0.25, -0.2) is 14.6 Å². The van der Waals surface area contributed by atoms with Crippen molar-refractivity contribution in [2.24, 2.45) is 0 Å². The summed E-state index contributed by atoms with van der Waals surface area (Å²) in [6.07, 6.45) is 0. The summed E-state index contributed by atoms with van der Waals surface area (Å²) in [5.74, 6) is -1.00. The molecule has 0 atom stereocenters. The van der Waals surface area contributed by atoms with Gasteiger partial charge >= 0.3 is 11.9 Å². The van der Waals surface area contributed by atoms with Crippen molar-refractivity contribution in [3.8, 4) is 11.1 Å². The summed E-state index contributed by atoms with van der Waals surface area (Å²) < 4.78 is 10.6. The highest BCUT2D eigenvalue weighted by molar-refractivity contribution is 6.00. The van der Waals surface area contributed by atoms with E-state index in [1.807, 2.05) is 60.7 Å². The minimum Gasteiger partial charge on any atom is -0.461 e. The van der Waals surface area contributed by atoms with E-state index in [0.717, 1.165) is 11.1 Å². The van der Waals surface area contributed by atoms with Crippen molar-refractivity contribution in [1.82, 2.24) is 4.98 Å². The number of benzene rings is 2. The van der Waals surface area contributed by atoms with Gasteiger partial charge in [-0.2, -0.15) is 0 Å². The third-order valence-electron chi connectivity index (χ3n) is 4.19. The highest BCUT2D eigenvalue weighted by Crippen LogP contribution is 2.27. The van der Waals surface area contributed by atoms with E-state index in [2.05, 4.69) is 4.98 Å². The van der Waals surface area contributed by atoms with Gasteiger partial charge in [0.1, 0.15) is 12.3 Å². The van der Waals surface area contributed by atoms with Gasteiger partial charge in [0.25, 0.3) is 0 Å². The van der Waals surface area contributed by atoms with Crippen molar-refractivity contribution in [2.45, 2.75) is 20.5 Å². The van der Waals surface area contributed by atoms with E-state index in [9.17, 15) is 9.59 Å². The number of carbonyl (C=O) groups excluding carboxylic acids is 2. The third kappa shape index (κ3) is 4.43.